The first-order valence-electron chi connectivity index (χ1n) is 6.15. The molecule has 0 spiro atoms. The highest BCUT2D eigenvalue weighted by molar-refractivity contribution is 5.90. The summed E-state index contributed by atoms with van der Waals surface area (Å²) in [4.78, 5) is 15.8. The van der Waals surface area contributed by atoms with Crippen molar-refractivity contribution in [2.24, 2.45) is 0 Å². The molecular weight excluding hydrogens is 214 g/mol. The van der Waals surface area contributed by atoms with E-state index in [1.165, 1.54) is 0 Å². The molecular formula is C13H21N3O. The van der Waals surface area contributed by atoms with Gasteiger partial charge in [-0.3, -0.25) is 4.98 Å². The Balaban J connectivity index is 2.52. The van der Waals surface area contributed by atoms with Gasteiger partial charge in [0.1, 0.15) is 0 Å². The lowest BCUT2D eigenvalue weighted by Crippen LogP contribution is -2.37. The largest absolute Gasteiger partial charge is 0.335 e. The molecule has 1 aromatic rings. The third-order valence-electron chi connectivity index (χ3n) is 2.73. The van der Waals surface area contributed by atoms with Crippen LogP contribution in [0.3, 0.4) is 0 Å². The van der Waals surface area contributed by atoms with Crippen LogP contribution in [0.15, 0.2) is 18.5 Å². The lowest BCUT2D eigenvalue weighted by Gasteiger charge is -2.17. The fourth-order valence-electron chi connectivity index (χ4n) is 1.68. The van der Waals surface area contributed by atoms with Gasteiger partial charge in [0, 0.05) is 24.1 Å². The Bertz CT molecular complexity index is 365. The average molecular weight is 235 g/mol. The fourth-order valence-corrected chi connectivity index (χ4v) is 1.68. The number of pyridine rings is 1. The standard InChI is InChI=1S/C13H21N3O/c1-4-6-11(5-2)15-13(17)16-12-7-8-14-9-10(12)3/h7-9,11H,4-6H2,1-3H3,(H2,14,15,16,17). The monoisotopic (exact) mass is 235 g/mol. The number of aryl methyl sites for hydroxylation is 1. The van der Waals surface area contributed by atoms with Crippen molar-refractivity contribution in [2.45, 2.75) is 46.1 Å². The van der Waals surface area contributed by atoms with Gasteiger partial charge < -0.3 is 10.6 Å². The number of amides is 2. The Labute approximate surface area is 103 Å². The summed E-state index contributed by atoms with van der Waals surface area (Å²) in [5.74, 6) is 0. The van der Waals surface area contributed by atoms with E-state index in [1.54, 1.807) is 18.5 Å². The highest BCUT2D eigenvalue weighted by Gasteiger charge is 2.09. The van der Waals surface area contributed by atoms with E-state index in [2.05, 4.69) is 29.5 Å². The molecule has 94 valence electrons. The number of nitrogens with zero attached hydrogens (tertiary/aromatic N) is 1. The first-order chi connectivity index (χ1) is 8.17. The summed E-state index contributed by atoms with van der Waals surface area (Å²) in [6.45, 7) is 6.12. The van der Waals surface area contributed by atoms with Crippen LogP contribution in [0.25, 0.3) is 0 Å². The van der Waals surface area contributed by atoms with Crippen molar-refractivity contribution in [3.63, 3.8) is 0 Å². The molecule has 1 rings (SSSR count). The zero-order chi connectivity index (χ0) is 12.7. The lowest BCUT2D eigenvalue weighted by molar-refractivity contribution is 0.247. The van der Waals surface area contributed by atoms with Gasteiger partial charge in [-0.15, -0.1) is 0 Å². The van der Waals surface area contributed by atoms with E-state index in [0.717, 1.165) is 30.5 Å². The van der Waals surface area contributed by atoms with Crippen LogP contribution in [0.4, 0.5) is 10.5 Å². The first kappa shape index (κ1) is 13.5. The molecule has 1 atom stereocenters. The van der Waals surface area contributed by atoms with Gasteiger partial charge >= 0.3 is 6.03 Å². The van der Waals surface area contributed by atoms with Gasteiger partial charge in [-0.2, -0.15) is 0 Å². The van der Waals surface area contributed by atoms with E-state index >= 15 is 0 Å². The summed E-state index contributed by atoms with van der Waals surface area (Å²) >= 11 is 0. The van der Waals surface area contributed by atoms with Crippen LogP contribution >= 0.6 is 0 Å². The molecule has 0 saturated carbocycles. The van der Waals surface area contributed by atoms with Crippen molar-refractivity contribution in [2.75, 3.05) is 5.32 Å². The molecule has 0 aliphatic carbocycles. The second-order valence-electron chi connectivity index (χ2n) is 4.18. The topological polar surface area (TPSA) is 54.0 Å². The van der Waals surface area contributed by atoms with Crippen molar-refractivity contribution in [1.29, 1.82) is 0 Å². The molecule has 4 heteroatoms. The summed E-state index contributed by atoms with van der Waals surface area (Å²) in [5, 5.41) is 5.82. The molecule has 17 heavy (non-hydrogen) atoms. The zero-order valence-electron chi connectivity index (χ0n) is 10.8. The van der Waals surface area contributed by atoms with Crippen LogP contribution in [0, 0.1) is 6.92 Å². The predicted octanol–water partition coefficient (Wildman–Crippen LogP) is 3.09. The van der Waals surface area contributed by atoms with Gasteiger partial charge in [0.25, 0.3) is 0 Å². The van der Waals surface area contributed by atoms with Crippen molar-refractivity contribution in [3.05, 3.63) is 24.0 Å². The minimum Gasteiger partial charge on any atom is -0.335 e. The summed E-state index contributed by atoms with van der Waals surface area (Å²) in [7, 11) is 0. The Morgan fingerprint density at radius 3 is 2.82 bits per heavy atom. The van der Waals surface area contributed by atoms with Crippen LogP contribution in [0.5, 0.6) is 0 Å². The smallest absolute Gasteiger partial charge is 0.319 e. The van der Waals surface area contributed by atoms with Crippen molar-refractivity contribution < 1.29 is 4.79 Å². The fraction of sp³-hybridized carbons (Fsp3) is 0.538. The van der Waals surface area contributed by atoms with Gasteiger partial charge in [0.2, 0.25) is 0 Å². The molecule has 0 bridgehead atoms. The number of hydrogen-bond donors (Lipinski definition) is 2. The molecule has 0 aliphatic heterocycles. The van der Waals surface area contributed by atoms with E-state index < -0.39 is 0 Å². The van der Waals surface area contributed by atoms with Gasteiger partial charge in [0.15, 0.2) is 0 Å². The number of nitrogens with one attached hydrogen (secondary N) is 2. The Hall–Kier alpha value is -1.58. The molecule has 4 nitrogen and oxygen atoms in total. The van der Waals surface area contributed by atoms with E-state index in [0.29, 0.717) is 0 Å². The molecule has 1 heterocycles. The predicted molar refractivity (Wildman–Crippen MR) is 70.1 cm³/mol. The number of rotatable bonds is 5. The van der Waals surface area contributed by atoms with Gasteiger partial charge in [-0.05, 0) is 31.4 Å². The maximum Gasteiger partial charge on any atom is 0.319 e. The van der Waals surface area contributed by atoms with Crippen LogP contribution in [-0.2, 0) is 0 Å². The normalized spacial score (nSPS) is 11.9. The molecule has 2 N–H and O–H groups in total. The van der Waals surface area contributed by atoms with Gasteiger partial charge in [-0.25, -0.2) is 4.79 Å². The number of hydrogen-bond acceptors (Lipinski definition) is 2. The van der Waals surface area contributed by atoms with E-state index in [9.17, 15) is 4.79 Å². The second-order valence-corrected chi connectivity index (χ2v) is 4.18. The SMILES string of the molecule is CCCC(CC)NC(=O)Nc1ccncc1C. The number of urea groups is 1. The third-order valence-corrected chi connectivity index (χ3v) is 2.73. The molecule has 0 radical (unpaired) electrons. The average Bonchev–Trinajstić information content (AvgIpc) is 2.31. The van der Waals surface area contributed by atoms with E-state index in [4.69, 9.17) is 0 Å². The summed E-state index contributed by atoms with van der Waals surface area (Å²) in [6.07, 6.45) is 6.45. The quantitative estimate of drug-likeness (QED) is 0.824. The minimum absolute atomic E-state index is 0.139. The summed E-state index contributed by atoms with van der Waals surface area (Å²) in [5.41, 5.74) is 1.77. The van der Waals surface area contributed by atoms with Crippen LogP contribution in [0.2, 0.25) is 0 Å². The molecule has 2 amide bonds. The van der Waals surface area contributed by atoms with E-state index in [1.807, 2.05) is 6.92 Å². The molecule has 1 aromatic heterocycles. The molecule has 0 saturated heterocycles. The van der Waals surface area contributed by atoms with E-state index in [-0.39, 0.29) is 12.1 Å². The van der Waals surface area contributed by atoms with Crippen LogP contribution in [0.1, 0.15) is 38.7 Å². The second kappa shape index (κ2) is 6.89. The number of carbonyl (C=O) groups is 1. The zero-order valence-corrected chi connectivity index (χ0v) is 10.8. The maximum atomic E-state index is 11.8. The minimum atomic E-state index is -0.139. The van der Waals surface area contributed by atoms with Gasteiger partial charge in [-0.1, -0.05) is 20.3 Å². The van der Waals surface area contributed by atoms with Crippen LogP contribution in [-0.4, -0.2) is 17.1 Å². The van der Waals surface area contributed by atoms with Crippen molar-refractivity contribution >= 4 is 11.7 Å². The van der Waals surface area contributed by atoms with Crippen molar-refractivity contribution in [3.8, 4) is 0 Å². The summed E-state index contributed by atoms with van der Waals surface area (Å²) < 4.78 is 0. The molecule has 1 unspecified atom stereocenters. The van der Waals surface area contributed by atoms with Crippen molar-refractivity contribution in [1.82, 2.24) is 10.3 Å². The highest BCUT2D eigenvalue weighted by Crippen LogP contribution is 2.11. The maximum absolute atomic E-state index is 11.8. The molecule has 0 aromatic carbocycles. The Morgan fingerprint density at radius 2 is 2.24 bits per heavy atom. The number of carbonyl (C=O) groups excluding carboxylic acids is 1. The number of anilines is 1. The third kappa shape index (κ3) is 4.43. The number of aromatic nitrogens is 1. The lowest BCUT2D eigenvalue weighted by atomic mass is 10.1. The van der Waals surface area contributed by atoms with Crippen LogP contribution < -0.4 is 10.6 Å². The molecule has 0 aliphatic rings. The highest BCUT2D eigenvalue weighted by atomic mass is 16.2. The molecule has 0 fully saturated rings. The summed E-state index contributed by atoms with van der Waals surface area (Å²) in [6, 6.07) is 1.91. The van der Waals surface area contributed by atoms with Gasteiger partial charge in [0.05, 0.1) is 0 Å². The Kier molecular flexibility index (Phi) is 5.46. The first-order valence-corrected chi connectivity index (χ1v) is 6.15. The Morgan fingerprint density at radius 1 is 1.47 bits per heavy atom.